The van der Waals surface area contributed by atoms with Crippen LogP contribution in [0.1, 0.15) is 34.0 Å². The summed E-state index contributed by atoms with van der Waals surface area (Å²) >= 11 is 0. The average molecular weight is 254 g/mol. The first-order valence-corrected chi connectivity index (χ1v) is 6.32. The Kier molecular flexibility index (Phi) is 2.95. The number of ether oxygens (including phenoxy) is 1. The number of carboxylic acids is 1. The highest BCUT2D eigenvalue weighted by atomic mass is 16.5. The van der Waals surface area contributed by atoms with E-state index >= 15 is 0 Å². The molecule has 0 spiro atoms. The Morgan fingerprint density at radius 3 is 2.68 bits per heavy atom. The molecule has 0 saturated heterocycles. The number of carboxylic acid groups (broad SMARTS) is 1. The summed E-state index contributed by atoms with van der Waals surface area (Å²) in [5, 5.41) is 8.98. The van der Waals surface area contributed by atoms with Crippen LogP contribution in [-0.2, 0) is 6.42 Å². The smallest absolute Gasteiger partial charge is 0.335 e. The Labute approximate surface area is 111 Å². The van der Waals surface area contributed by atoms with Crippen LogP contribution in [0, 0.1) is 0 Å². The van der Waals surface area contributed by atoms with Gasteiger partial charge in [-0.25, -0.2) is 4.79 Å². The van der Waals surface area contributed by atoms with Gasteiger partial charge in [0.2, 0.25) is 0 Å². The second-order valence-corrected chi connectivity index (χ2v) is 4.68. The highest BCUT2D eigenvalue weighted by Crippen LogP contribution is 2.35. The van der Waals surface area contributed by atoms with E-state index in [1.807, 2.05) is 18.2 Å². The number of hydrogen-bond acceptors (Lipinski definition) is 2. The number of rotatable bonds is 2. The van der Waals surface area contributed by atoms with Crippen molar-refractivity contribution in [2.75, 3.05) is 0 Å². The molecule has 96 valence electrons. The lowest BCUT2D eigenvalue weighted by Crippen LogP contribution is -2.15. The van der Waals surface area contributed by atoms with Crippen molar-refractivity contribution in [3.63, 3.8) is 0 Å². The molecule has 0 radical (unpaired) electrons. The first-order valence-electron chi connectivity index (χ1n) is 6.32. The lowest BCUT2D eigenvalue weighted by atomic mass is 9.96. The molecule has 1 unspecified atom stereocenters. The van der Waals surface area contributed by atoms with Gasteiger partial charge in [0.1, 0.15) is 11.9 Å². The predicted molar refractivity (Wildman–Crippen MR) is 71.5 cm³/mol. The van der Waals surface area contributed by atoms with Crippen LogP contribution in [0.3, 0.4) is 0 Å². The summed E-state index contributed by atoms with van der Waals surface area (Å²) in [6.45, 7) is 0. The van der Waals surface area contributed by atoms with Crippen molar-refractivity contribution in [2.45, 2.75) is 18.9 Å². The molecular weight excluding hydrogens is 240 g/mol. The minimum absolute atomic E-state index is 0.0596. The molecule has 3 rings (SSSR count). The van der Waals surface area contributed by atoms with Gasteiger partial charge in [0.25, 0.3) is 0 Å². The molecule has 0 aromatic heterocycles. The number of fused-ring (bicyclic) bond motifs is 1. The highest BCUT2D eigenvalue weighted by Gasteiger charge is 2.21. The van der Waals surface area contributed by atoms with Crippen molar-refractivity contribution in [1.29, 1.82) is 0 Å². The Morgan fingerprint density at radius 1 is 1.16 bits per heavy atom. The second-order valence-electron chi connectivity index (χ2n) is 4.68. The van der Waals surface area contributed by atoms with Crippen LogP contribution in [0.2, 0.25) is 0 Å². The molecule has 1 aliphatic heterocycles. The molecule has 2 aromatic carbocycles. The van der Waals surface area contributed by atoms with Crippen molar-refractivity contribution in [3.8, 4) is 5.75 Å². The first kappa shape index (κ1) is 11.8. The third-order valence-electron chi connectivity index (χ3n) is 3.42. The van der Waals surface area contributed by atoms with Crippen molar-refractivity contribution < 1.29 is 14.6 Å². The van der Waals surface area contributed by atoms with Gasteiger partial charge in [-0.2, -0.15) is 0 Å². The van der Waals surface area contributed by atoms with E-state index in [-0.39, 0.29) is 6.10 Å². The molecule has 1 N–H and O–H groups in total. The average Bonchev–Trinajstić information content (AvgIpc) is 2.47. The SMILES string of the molecule is O=C(O)c1ccc2c(c1)CCC(c1ccccc1)O2. The van der Waals surface area contributed by atoms with Gasteiger partial charge in [-0.3, -0.25) is 0 Å². The largest absolute Gasteiger partial charge is 0.485 e. The van der Waals surface area contributed by atoms with Crippen molar-refractivity contribution >= 4 is 5.97 Å². The van der Waals surface area contributed by atoms with Gasteiger partial charge in [0, 0.05) is 0 Å². The second kappa shape index (κ2) is 4.76. The summed E-state index contributed by atoms with van der Waals surface area (Å²) in [6.07, 6.45) is 1.78. The number of carbonyl (C=O) groups is 1. The standard InChI is InChI=1S/C16H14O3/c17-16(18)13-7-9-15-12(10-13)6-8-14(19-15)11-4-2-1-3-5-11/h1-5,7,9-10,14H,6,8H2,(H,17,18). The maximum atomic E-state index is 10.9. The minimum Gasteiger partial charge on any atom is -0.485 e. The molecule has 0 amide bonds. The molecular formula is C16H14O3. The van der Waals surface area contributed by atoms with Crippen LogP contribution < -0.4 is 4.74 Å². The molecule has 1 atom stereocenters. The van der Waals surface area contributed by atoms with Crippen LogP contribution in [-0.4, -0.2) is 11.1 Å². The monoisotopic (exact) mass is 254 g/mol. The van der Waals surface area contributed by atoms with Gasteiger partial charge in [0.05, 0.1) is 5.56 Å². The number of aryl methyl sites for hydroxylation is 1. The summed E-state index contributed by atoms with van der Waals surface area (Å²) in [4.78, 5) is 10.9. The van der Waals surface area contributed by atoms with Gasteiger partial charge >= 0.3 is 5.97 Å². The molecule has 1 aliphatic rings. The number of hydrogen-bond donors (Lipinski definition) is 1. The molecule has 0 aliphatic carbocycles. The van der Waals surface area contributed by atoms with E-state index in [4.69, 9.17) is 9.84 Å². The van der Waals surface area contributed by atoms with Crippen LogP contribution in [0.4, 0.5) is 0 Å². The Hall–Kier alpha value is -2.29. The topological polar surface area (TPSA) is 46.5 Å². The zero-order valence-corrected chi connectivity index (χ0v) is 10.4. The van der Waals surface area contributed by atoms with Gasteiger partial charge in [-0.05, 0) is 42.2 Å². The fourth-order valence-corrected chi connectivity index (χ4v) is 2.42. The maximum Gasteiger partial charge on any atom is 0.335 e. The van der Waals surface area contributed by atoms with Crippen molar-refractivity contribution in [2.24, 2.45) is 0 Å². The quantitative estimate of drug-likeness (QED) is 0.892. The van der Waals surface area contributed by atoms with Crippen molar-refractivity contribution in [1.82, 2.24) is 0 Å². The van der Waals surface area contributed by atoms with E-state index in [0.717, 1.165) is 29.7 Å². The van der Waals surface area contributed by atoms with E-state index in [1.165, 1.54) is 0 Å². The zero-order chi connectivity index (χ0) is 13.2. The Morgan fingerprint density at radius 2 is 1.95 bits per heavy atom. The Bertz CT molecular complexity index is 605. The van der Waals surface area contributed by atoms with E-state index in [1.54, 1.807) is 18.2 Å². The van der Waals surface area contributed by atoms with E-state index in [2.05, 4.69) is 12.1 Å². The van der Waals surface area contributed by atoms with Gasteiger partial charge < -0.3 is 9.84 Å². The van der Waals surface area contributed by atoms with Crippen molar-refractivity contribution in [3.05, 3.63) is 65.2 Å². The lowest BCUT2D eigenvalue weighted by Gasteiger charge is -2.26. The molecule has 2 aromatic rings. The predicted octanol–water partition coefficient (Wildman–Crippen LogP) is 3.45. The Balaban J connectivity index is 1.87. The summed E-state index contributed by atoms with van der Waals surface area (Å²) < 4.78 is 5.96. The summed E-state index contributed by atoms with van der Waals surface area (Å²) in [5.41, 5.74) is 2.46. The van der Waals surface area contributed by atoms with Crippen LogP contribution in [0.5, 0.6) is 5.75 Å². The molecule has 0 saturated carbocycles. The summed E-state index contributed by atoms with van der Waals surface area (Å²) in [7, 11) is 0. The minimum atomic E-state index is -0.895. The lowest BCUT2D eigenvalue weighted by molar-refractivity contribution is 0.0696. The van der Waals surface area contributed by atoms with E-state index in [9.17, 15) is 4.79 Å². The van der Waals surface area contributed by atoms with Crippen LogP contribution >= 0.6 is 0 Å². The van der Waals surface area contributed by atoms with Gasteiger partial charge in [-0.1, -0.05) is 30.3 Å². The van der Waals surface area contributed by atoms with Gasteiger partial charge in [-0.15, -0.1) is 0 Å². The molecule has 1 heterocycles. The highest BCUT2D eigenvalue weighted by molar-refractivity contribution is 5.88. The number of aromatic carboxylic acids is 1. The zero-order valence-electron chi connectivity index (χ0n) is 10.4. The van der Waals surface area contributed by atoms with E-state index in [0.29, 0.717) is 5.56 Å². The normalized spacial score (nSPS) is 17.4. The van der Waals surface area contributed by atoms with Crippen LogP contribution in [0.25, 0.3) is 0 Å². The molecule has 3 heteroatoms. The fourth-order valence-electron chi connectivity index (χ4n) is 2.42. The maximum absolute atomic E-state index is 10.9. The first-order chi connectivity index (χ1) is 9.24. The third kappa shape index (κ3) is 2.32. The third-order valence-corrected chi connectivity index (χ3v) is 3.42. The molecule has 0 fully saturated rings. The summed E-state index contributed by atoms with van der Waals surface area (Å²) in [5.74, 6) is -0.0990. The van der Waals surface area contributed by atoms with E-state index < -0.39 is 5.97 Å². The fraction of sp³-hybridized carbons (Fsp3) is 0.188. The summed E-state index contributed by atoms with van der Waals surface area (Å²) in [6, 6.07) is 15.2. The molecule has 0 bridgehead atoms. The molecule has 19 heavy (non-hydrogen) atoms. The van der Waals surface area contributed by atoms with Crippen LogP contribution in [0.15, 0.2) is 48.5 Å². The van der Waals surface area contributed by atoms with Gasteiger partial charge in [0.15, 0.2) is 0 Å². The molecule has 3 nitrogen and oxygen atoms in total. The number of benzene rings is 2.